The Morgan fingerprint density at radius 2 is 1.35 bits per heavy atom. The molecule has 0 saturated carbocycles. The molecular formula is C22H34O4. The maximum absolute atomic E-state index is 12.0. The van der Waals surface area contributed by atoms with Crippen molar-refractivity contribution in [2.24, 2.45) is 10.8 Å². The largest absolute Gasteiger partial charge is 0.478 e. The van der Waals surface area contributed by atoms with Crippen LogP contribution in [0.2, 0.25) is 0 Å². The zero-order valence-corrected chi connectivity index (χ0v) is 17.1. The van der Waals surface area contributed by atoms with E-state index in [0.29, 0.717) is 12.0 Å². The molecule has 1 rings (SSSR count). The number of carboxylic acid groups (broad SMARTS) is 2. The summed E-state index contributed by atoms with van der Waals surface area (Å²) in [5, 5.41) is 19.3. The first-order valence-electron chi connectivity index (χ1n) is 9.55. The van der Waals surface area contributed by atoms with Crippen LogP contribution in [0.3, 0.4) is 0 Å². The highest BCUT2D eigenvalue weighted by molar-refractivity contribution is 6.03. The number of carboxylic acids is 2. The van der Waals surface area contributed by atoms with Gasteiger partial charge in [0.2, 0.25) is 0 Å². The molecule has 0 bridgehead atoms. The van der Waals surface area contributed by atoms with Crippen LogP contribution in [0.25, 0.3) is 0 Å². The van der Waals surface area contributed by atoms with Gasteiger partial charge in [0.25, 0.3) is 0 Å². The molecule has 0 aliphatic carbocycles. The molecular weight excluding hydrogens is 328 g/mol. The average Bonchev–Trinajstić information content (AvgIpc) is 2.47. The Bertz CT molecular complexity index is 656. The third kappa shape index (κ3) is 5.86. The van der Waals surface area contributed by atoms with E-state index in [4.69, 9.17) is 0 Å². The first kappa shape index (κ1) is 22.2. The molecule has 146 valence electrons. The Morgan fingerprint density at radius 1 is 0.846 bits per heavy atom. The Kier molecular flexibility index (Phi) is 7.43. The SMILES string of the molecule is CCCC(C)(C)Cc1ccc(C(=O)O)c(C(=O)O)c1CC(C)(C)CCC. The summed E-state index contributed by atoms with van der Waals surface area (Å²) in [6.07, 6.45) is 5.38. The van der Waals surface area contributed by atoms with E-state index in [1.165, 1.54) is 6.07 Å². The molecule has 0 amide bonds. The predicted molar refractivity (Wildman–Crippen MR) is 105 cm³/mol. The first-order chi connectivity index (χ1) is 11.9. The second-order valence-corrected chi connectivity index (χ2v) is 8.92. The van der Waals surface area contributed by atoms with Gasteiger partial charge in [-0.25, -0.2) is 9.59 Å². The van der Waals surface area contributed by atoms with Gasteiger partial charge in [-0.1, -0.05) is 60.5 Å². The molecule has 0 fully saturated rings. The highest BCUT2D eigenvalue weighted by Crippen LogP contribution is 2.35. The van der Waals surface area contributed by atoms with Crippen molar-refractivity contribution in [3.8, 4) is 0 Å². The van der Waals surface area contributed by atoms with Crippen molar-refractivity contribution in [3.63, 3.8) is 0 Å². The monoisotopic (exact) mass is 362 g/mol. The maximum Gasteiger partial charge on any atom is 0.336 e. The molecule has 2 N–H and O–H groups in total. The van der Waals surface area contributed by atoms with Crippen LogP contribution in [0, 0.1) is 10.8 Å². The van der Waals surface area contributed by atoms with E-state index >= 15 is 0 Å². The lowest BCUT2D eigenvalue weighted by Gasteiger charge is -2.30. The molecule has 0 radical (unpaired) electrons. The van der Waals surface area contributed by atoms with E-state index in [1.807, 2.05) is 6.07 Å². The molecule has 0 unspecified atom stereocenters. The molecule has 0 aliphatic heterocycles. The van der Waals surface area contributed by atoms with Crippen molar-refractivity contribution in [2.45, 2.75) is 80.1 Å². The van der Waals surface area contributed by atoms with E-state index in [0.717, 1.165) is 37.7 Å². The van der Waals surface area contributed by atoms with Gasteiger partial charge in [0, 0.05) is 0 Å². The van der Waals surface area contributed by atoms with E-state index in [1.54, 1.807) is 0 Å². The fourth-order valence-electron chi connectivity index (χ4n) is 4.01. The summed E-state index contributed by atoms with van der Waals surface area (Å²) in [7, 11) is 0. The van der Waals surface area contributed by atoms with Crippen LogP contribution in [0.5, 0.6) is 0 Å². The van der Waals surface area contributed by atoms with E-state index in [9.17, 15) is 19.8 Å². The lowest BCUT2D eigenvalue weighted by atomic mass is 9.74. The summed E-state index contributed by atoms with van der Waals surface area (Å²) in [4.78, 5) is 23.6. The molecule has 0 atom stereocenters. The van der Waals surface area contributed by atoms with Crippen molar-refractivity contribution in [3.05, 3.63) is 34.4 Å². The van der Waals surface area contributed by atoms with Crippen LogP contribution in [0.1, 0.15) is 99.1 Å². The minimum absolute atomic E-state index is 0.0357. The fourth-order valence-corrected chi connectivity index (χ4v) is 4.01. The Labute approximate surface area is 157 Å². The van der Waals surface area contributed by atoms with Crippen molar-refractivity contribution in [2.75, 3.05) is 0 Å². The molecule has 0 aliphatic rings. The highest BCUT2D eigenvalue weighted by atomic mass is 16.4. The van der Waals surface area contributed by atoms with Crippen molar-refractivity contribution in [1.29, 1.82) is 0 Å². The smallest absolute Gasteiger partial charge is 0.336 e. The molecule has 0 spiro atoms. The minimum Gasteiger partial charge on any atom is -0.478 e. The lowest BCUT2D eigenvalue weighted by Crippen LogP contribution is -2.23. The van der Waals surface area contributed by atoms with Crippen LogP contribution in [-0.4, -0.2) is 22.2 Å². The number of hydrogen-bond donors (Lipinski definition) is 2. The molecule has 0 aromatic heterocycles. The Balaban J connectivity index is 3.56. The van der Waals surface area contributed by atoms with Gasteiger partial charge in [-0.3, -0.25) is 0 Å². The molecule has 0 saturated heterocycles. The van der Waals surface area contributed by atoms with Gasteiger partial charge in [0.05, 0.1) is 11.1 Å². The summed E-state index contributed by atoms with van der Waals surface area (Å²) in [6.45, 7) is 12.9. The molecule has 26 heavy (non-hydrogen) atoms. The predicted octanol–water partition coefficient (Wildman–Crippen LogP) is 5.82. The zero-order chi connectivity index (χ0) is 20.1. The van der Waals surface area contributed by atoms with E-state index < -0.39 is 11.9 Å². The van der Waals surface area contributed by atoms with Gasteiger partial charge in [-0.15, -0.1) is 0 Å². The maximum atomic E-state index is 12.0. The highest BCUT2D eigenvalue weighted by Gasteiger charge is 2.29. The molecule has 4 nitrogen and oxygen atoms in total. The van der Waals surface area contributed by atoms with Crippen molar-refractivity contribution in [1.82, 2.24) is 0 Å². The number of aromatic carboxylic acids is 2. The number of benzene rings is 1. The van der Waals surface area contributed by atoms with Gasteiger partial charge in [-0.2, -0.15) is 0 Å². The number of rotatable bonds is 10. The second-order valence-electron chi connectivity index (χ2n) is 8.92. The van der Waals surface area contributed by atoms with Gasteiger partial charge in [0.15, 0.2) is 0 Å². The molecule has 0 heterocycles. The van der Waals surface area contributed by atoms with Crippen LogP contribution in [-0.2, 0) is 12.8 Å². The zero-order valence-electron chi connectivity index (χ0n) is 17.1. The minimum atomic E-state index is -1.18. The van der Waals surface area contributed by atoms with Gasteiger partial charge < -0.3 is 10.2 Å². The van der Waals surface area contributed by atoms with Crippen LogP contribution in [0.15, 0.2) is 12.1 Å². The van der Waals surface area contributed by atoms with Crippen LogP contribution in [0.4, 0.5) is 0 Å². The Hall–Kier alpha value is -1.84. The van der Waals surface area contributed by atoms with Gasteiger partial charge in [-0.05, 0) is 53.7 Å². The van der Waals surface area contributed by atoms with Gasteiger partial charge in [0.1, 0.15) is 0 Å². The summed E-state index contributed by atoms with van der Waals surface area (Å²) in [6, 6.07) is 3.28. The fraction of sp³-hybridized carbons (Fsp3) is 0.636. The number of hydrogen-bond acceptors (Lipinski definition) is 2. The average molecular weight is 363 g/mol. The first-order valence-corrected chi connectivity index (χ1v) is 9.55. The molecule has 1 aromatic carbocycles. The summed E-state index contributed by atoms with van der Waals surface area (Å²) >= 11 is 0. The van der Waals surface area contributed by atoms with Crippen molar-refractivity contribution >= 4 is 11.9 Å². The molecule has 4 heteroatoms. The third-order valence-corrected chi connectivity index (χ3v) is 5.03. The van der Waals surface area contributed by atoms with Gasteiger partial charge >= 0.3 is 11.9 Å². The molecule has 1 aromatic rings. The topological polar surface area (TPSA) is 74.6 Å². The summed E-state index contributed by atoms with van der Waals surface area (Å²) < 4.78 is 0. The third-order valence-electron chi connectivity index (χ3n) is 5.03. The number of carbonyl (C=O) groups is 2. The van der Waals surface area contributed by atoms with Crippen LogP contribution >= 0.6 is 0 Å². The summed E-state index contributed by atoms with van der Waals surface area (Å²) in [5.74, 6) is -2.34. The Morgan fingerprint density at radius 3 is 1.77 bits per heavy atom. The van der Waals surface area contributed by atoms with Crippen molar-refractivity contribution < 1.29 is 19.8 Å². The summed E-state index contributed by atoms with van der Waals surface area (Å²) in [5.41, 5.74) is 1.47. The van der Waals surface area contributed by atoms with E-state index in [2.05, 4.69) is 41.5 Å². The second kappa shape index (κ2) is 8.70. The standard InChI is InChI=1S/C22H34O4/c1-7-11-21(3,4)13-15-9-10-16(19(23)24)18(20(25)26)17(15)14-22(5,6)12-8-2/h9-10H,7-8,11-14H2,1-6H3,(H,23,24)(H,25,26). The van der Waals surface area contributed by atoms with E-state index in [-0.39, 0.29) is 22.0 Å². The lowest BCUT2D eigenvalue weighted by molar-refractivity contribution is 0.0649. The normalized spacial score (nSPS) is 12.2. The quantitative estimate of drug-likeness (QED) is 0.550. The van der Waals surface area contributed by atoms with Crippen LogP contribution < -0.4 is 0 Å².